The fourth-order valence-electron chi connectivity index (χ4n) is 6.59. The van der Waals surface area contributed by atoms with Gasteiger partial charge in [-0.3, -0.25) is 14.9 Å². The summed E-state index contributed by atoms with van der Waals surface area (Å²) in [5.74, 6) is -3.96. The fraction of sp³-hybridized carbons (Fsp3) is 0.632. The standard InChI is InChI=1S/C38H54ClN3O10S/c1-21-12-11-13-28(49-10)38(47)20-27(50-35(46)40-38)22(2)33-37(6,52-33)29(51-34(45)23(3)41(7)30(43)14-15-36(4,5)53)19-31(44)42(8)25-17-24(16-21)18-26(48-9)32(25)39/h11-13,17-18,22-23,27-29,33,47,53H,14-16,19-20H2,1-10H3,(H,40,46)/b13-11-,21-12-/t22-,23+,27+,28-,29+,33+,37+,38+/m1/s1/i3D3,7D3. The van der Waals surface area contributed by atoms with Crippen molar-refractivity contribution in [2.75, 3.05) is 33.1 Å². The van der Waals surface area contributed by atoms with E-state index in [9.17, 15) is 24.3 Å². The van der Waals surface area contributed by atoms with Crippen LogP contribution in [0.4, 0.5) is 10.5 Å². The predicted octanol–water partition coefficient (Wildman–Crippen LogP) is 5.00. The normalized spacial score (nSPS) is 33.7. The second kappa shape index (κ2) is 16.6. The van der Waals surface area contributed by atoms with Gasteiger partial charge in [-0.2, -0.15) is 12.6 Å². The Morgan fingerprint density at radius 2 is 2.02 bits per heavy atom. The monoisotopic (exact) mass is 785 g/mol. The number of esters is 1. The maximum atomic E-state index is 14.3. The summed E-state index contributed by atoms with van der Waals surface area (Å²) in [5, 5.41) is 14.3. The number of benzene rings is 1. The number of rotatable bonds is 8. The lowest BCUT2D eigenvalue weighted by Gasteiger charge is -2.42. The number of carbonyl (C=O) groups is 4. The molecule has 2 saturated heterocycles. The van der Waals surface area contributed by atoms with E-state index in [-0.39, 0.29) is 34.2 Å². The Bertz CT molecular complexity index is 1840. The predicted molar refractivity (Wildman–Crippen MR) is 203 cm³/mol. The van der Waals surface area contributed by atoms with Gasteiger partial charge in [0.05, 0.1) is 25.3 Å². The van der Waals surface area contributed by atoms with Crippen LogP contribution in [0.5, 0.6) is 5.75 Å². The fourth-order valence-corrected chi connectivity index (χ4v) is 7.02. The summed E-state index contributed by atoms with van der Waals surface area (Å²) in [6, 6.07) is 0.748. The van der Waals surface area contributed by atoms with Gasteiger partial charge in [-0.05, 0) is 51.2 Å². The molecule has 4 bridgehead atoms. The second-order valence-corrected chi connectivity index (χ2v) is 16.3. The molecule has 3 amide bonds. The van der Waals surface area contributed by atoms with Gasteiger partial charge in [0, 0.05) is 52.9 Å². The number of alkyl carbamates (subject to hydrolysis) is 1. The third kappa shape index (κ3) is 9.88. The van der Waals surface area contributed by atoms with Gasteiger partial charge in [0.2, 0.25) is 11.8 Å². The van der Waals surface area contributed by atoms with Crippen LogP contribution in [0.3, 0.4) is 0 Å². The van der Waals surface area contributed by atoms with Crippen molar-refractivity contribution in [2.24, 2.45) is 5.92 Å². The minimum Gasteiger partial charge on any atom is -0.495 e. The average molecular weight is 786 g/mol. The molecule has 4 rings (SSSR count). The number of ether oxygens (including phenoxy) is 5. The van der Waals surface area contributed by atoms with E-state index in [1.807, 2.05) is 6.92 Å². The van der Waals surface area contributed by atoms with Crippen molar-refractivity contribution >= 4 is 53.8 Å². The van der Waals surface area contributed by atoms with Gasteiger partial charge in [0.1, 0.15) is 40.7 Å². The van der Waals surface area contributed by atoms with Gasteiger partial charge in [-0.15, -0.1) is 0 Å². The van der Waals surface area contributed by atoms with Gasteiger partial charge in [0.15, 0.2) is 5.72 Å². The quantitative estimate of drug-likeness (QED) is 0.186. The highest BCUT2D eigenvalue weighted by atomic mass is 35.5. The highest BCUT2D eigenvalue weighted by molar-refractivity contribution is 7.81. The minimum absolute atomic E-state index is 0.0274. The minimum atomic E-state index is -3.41. The van der Waals surface area contributed by atoms with Gasteiger partial charge >= 0.3 is 12.1 Å². The van der Waals surface area contributed by atoms with Crippen molar-refractivity contribution in [3.63, 3.8) is 0 Å². The molecule has 3 aliphatic rings. The molecule has 53 heavy (non-hydrogen) atoms. The first kappa shape index (κ1) is 34.2. The van der Waals surface area contributed by atoms with Crippen molar-refractivity contribution in [1.29, 1.82) is 0 Å². The number of nitrogens with one attached hydrogen (secondary N) is 1. The van der Waals surface area contributed by atoms with Crippen molar-refractivity contribution in [2.45, 2.75) is 120 Å². The molecule has 0 aliphatic carbocycles. The second-order valence-electron chi connectivity index (χ2n) is 14.7. The topological polar surface area (TPSA) is 156 Å². The zero-order valence-electron chi connectivity index (χ0n) is 37.2. The molecule has 1 aromatic carbocycles. The van der Waals surface area contributed by atoms with Crippen LogP contribution in [0.15, 0.2) is 35.9 Å². The number of fused-ring (bicyclic) bond motifs is 5. The third-order valence-corrected chi connectivity index (χ3v) is 10.5. The summed E-state index contributed by atoms with van der Waals surface area (Å²) in [4.78, 5) is 56.2. The molecule has 3 heterocycles. The lowest BCUT2D eigenvalue weighted by Crippen LogP contribution is -2.63. The van der Waals surface area contributed by atoms with Crippen molar-refractivity contribution < 1.29 is 56.2 Å². The van der Waals surface area contributed by atoms with Crippen LogP contribution >= 0.6 is 24.2 Å². The molecule has 0 unspecified atom stereocenters. The first-order chi connectivity index (χ1) is 27.1. The van der Waals surface area contributed by atoms with E-state index in [1.54, 1.807) is 51.1 Å². The molecule has 0 aromatic heterocycles. The first-order valence-electron chi connectivity index (χ1n) is 20.2. The van der Waals surface area contributed by atoms with Gasteiger partial charge < -0.3 is 38.6 Å². The van der Waals surface area contributed by atoms with Gasteiger partial charge in [0.25, 0.3) is 0 Å². The zero-order chi connectivity index (χ0) is 44.6. The number of hydrogen-bond donors (Lipinski definition) is 3. The number of aliphatic hydroxyl groups is 1. The van der Waals surface area contributed by atoms with Gasteiger partial charge in [-0.1, -0.05) is 56.2 Å². The maximum absolute atomic E-state index is 14.3. The lowest BCUT2D eigenvalue weighted by molar-refractivity contribution is -0.162. The molecule has 2 fully saturated rings. The van der Waals surface area contributed by atoms with Crippen LogP contribution < -0.4 is 15.0 Å². The molecule has 15 heteroatoms. The highest BCUT2D eigenvalue weighted by Crippen LogP contribution is 2.49. The molecule has 1 aromatic rings. The van der Waals surface area contributed by atoms with Crippen LogP contribution in [-0.2, 0) is 39.8 Å². The Morgan fingerprint density at radius 1 is 1.30 bits per heavy atom. The van der Waals surface area contributed by atoms with E-state index >= 15 is 0 Å². The molecule has 2 N–H and O–H groups in total. The number of nitrogens with zero attached hydrogens (tertiary/aromatic N) is 2. The number of epoxide rings is 1. The van der Waals surface area contributed by atoms with Crippen LogP contribution in [0.2, 0.25) is 5.02 Å². The number of hydrogen-bond acceptors (Lipinski definition) is 11. The summed E-state index contributed by atoms with van der Waals surface area (Å²) in [6.07, 6.45) is -1.46. The molecule has 0 radical (unpaired) electrons. The van der Waals surface area contributed by atoms with Crippen LogP contribution in [0.1, 0.15) is 80.9 Å². The molecule has 8 atom stereocenters. The average Bonchev–Trinajstić information content (AvgIpc) is 3.80. The van der Waals surface area contributed by atoms with E-state index in [2.05, 4.69) is 17.9 Å². The SMILES string of the molecule is [2H]C([2H])([2H])[C@@H](C(=O)O[C@H]1CC(=O)N(C)c2cc(cc(OC)c2Cl)C/C(C)=C\C=C/[C@@H](OC)[C@@]2(O)C[C@H](OC(=O)N2)[C@@H](C)[C@@H]2O[C@@]12C)N(C(=O)CCC(C)(C)S)C([2H])([2H])[2H]. The van der Waals surface area contributed by atoms with E-state index in [1.165, 1.54) is 33.1 Å². The zero-order valence-corrected chi connectivity index (χ0v) is 32.9. The van der Waals surface area contributed by atoms with E-state index in [0.29, 0.717) is 12.0 Å². The number of methoxy groups -OCH3 is 2. The largest absolute Gasteiger partial charge is 0.495 e. The molecule has 0 spiro atoms. The van der Waals surface area contributed by atoms with Crippen LogP contribution in [0, 0.1) is 5.92 Å². The van der Waals surface area contributed by atoms with E-state index < -0.39 is 103 Å². The Balaban J connectivity index is 1.85. The van der Waals surface area contributed by atoms with Crippen molar-refractivity contribution in [3.8, 4) is 5.75 Å². The number of carbonyl (C=O) groups excluding carboxylic acids is 4. The molecule has 0 saturated carbocycles. The number of likely N-dealkylation sites (N-methyl/N-ethyl adjacent to an activating group) is 1. The lowest BCUT2D eigenvalue weighted by atomic mass is 9.83. The van der Waals surface area contributed by atoms with Crippen molar-refractivity contribution in [1.82, 2.24) is 10.2 Å². The summed E-state index contributed by atoms with van der Waals surface area (Å²) in [5.41, 5.74) is -1.79. The number of halogens is 1. The van der Waals surface area contributed by atoms with Crippen molar-refractivity contribution in [3.05, 3.63) is 46.5 Å². The first-order valence-corrected chi connectivity index (χ1v) is 18.0. The van der Waals surface area contributed by atoms with Crippen LogP contribution in [-0.4, -0.2) is 109 Å². The smallest absolute Gasteiger partial charge is 0.409 e. The summed E-state index contributed by atoms with van der Waals surface area (Å²) in [6.45, 7) is 1.54. The summed E-state index contributed by atoms with van der Waals surface area (Å²) < 4.78 is 77.2. The number of thiol groups is 1. The third-order valence-electron chi connectivity index (χ3n) is 9.91. The van der Waals surface area contributed by atoms with Gasteiger partial charge in [-0.25, -0.2) is 9.59 Å². The van der Waals surface area contributed by atoms with E-state index in [0.717, 1.165) is 5.57 Å². The Labute approximate surface area is 331 Å². The summed E-state index contributed by atoms with van der Waals surface area (Å²) in [7, 11) is 4.20. The Kier molecular flexibility index (Phi) is 10.7. The van der Waals surface area contributed by atoms with Crippen LogP contribution in [0.25, 0.3) is 0 Å². The number of amides is 3. The Morgan fingerprint density at radius 3 is 2.64 bits per heavy atom. The molecular weight excluding hydrogens is 726 g/mol. The molecule has 294 valence electrons. The number of allylic oxidation sites excluding steroid dienone is 3. The molecule has 3 aliphatic heterocycles. The highest BCUT2D eigenvalue weighted by Gasteiger charge is 2.64. The summed E-state index contributed by atoms with van der Waals surface area (Å²) >= 11 is 11.1. The molecular formula is C38H54ClN3O10S. The number of anilines is 1. The van der Waals surface area contributed by atoms with E-state index in [4.69, 9.17) is 43.5 Å². The maximum Gasteiger partial charge on any atom is 0.409 e. The Hall–Kier alpha value is -3.30. The molecule has 13 nitrogen and oxygen atoms in total.